The van der Waals surface area contributed by atoms with Gasteiger partial charge >= 0.3 is 0 Å². The molecule has 0 N–H and O–H groups in total. The molecule has 0 amide bonds. The van der Waals surface area contributed by atoms with Crippen molar-refractivity contribution in [3.8, 4) is 0 Å². The van der Waals surface area contributed by atoms with E-state index in [9.17, 15) is 9.18 Å². The van der Waals surface area contributed by atoms with Gasteiger partial charge in [-0.05, 0) is 45.8 Å². The van der Waals surface area contributed by atoms with Crippen LogP contribution in [0, 0.1) is 5.82 Å². The minimum Gasteiger partial charge on any atom is -0.298 e. The van der Waals surface area contributed by atoms with E-state index in [1.165, 1.54) is 23.9 Å². The average molecular weight is 339 g/mol. The number of carbonyl (C=O) groups is 1. The van der Waals surface area contributed by atoms with Gasteiger partial charge in [0.25, 0.3) is 0 Å². The Balaban J connectivity index is 1.90. The standard InChI is InChI=1S/C15H12BrFOS/c16-14-6-1-2-7-15(14)19-10-13(18)9-11-4-3-5-12(17)8-11/h1-8H,9-10H2. The lowest BCUT2D eigenvalue weighted by Crippen LogP contribution is -2.05. The van der Waals surface area contributed by atoms with Crippen LogP contribution in [0.25, 0.3) is 0 Å². The molecule has 0 heterocycles. The second-order valence-corrected chi connectivity index (χ2v) is 5.94. The Hall–Kier alpha value is -1.13. The molecule has 1 nitrogen and oxygen atoms in total. The molecule has 2 rings (SSSR count). The van der Waals surface area contributed by atoms with Crippen molar-refractivity contribution < 1.29 is 9.18 Å². The van der Waals surface area contributed by atoms with E-state index in [0.717, 1.165) is 14.9 Å². The number of Topliss-reactive ketones (excluding diaryl/α,β-unsaturated/α-hetero) is 1. The van der Waals surface area contributed by atoms with Crippen LogP contribution in [-0.4, -0.2) is 11.5 Å². The highest BCUT2D eigenvalue weighted by Gasteiger charge is 2.07. The average Bonchev–Trinajstić information content (AvgIpc) is 2.38. The summed E-state index contributed by atoms with van der Waals surface area (Å²) in [5, 5.41) is 0. The monoisotopic (exact) mass is 338 g/mol. The number of carbonyl (C=O) groups excluding carboxylic acids is 1. The van der Waals surface area contributed by atoms with E-state index in [-0.39, 0.29) is 18.0 Å². The highest BCUT2D eigenvalue weighted by atomic mass is 79.9. The van der Waals surface area contributed by atoms with E-state index in [1.54, 1.807) is 12.1 Å². The van der Waals surface area contributed by atoms with Gasteiger partial charge in [-0.1, -0.05) is 24.3 Å². The molecule has 0 saturated heterocycles. The van der Waals surface area contributed by atoms with Gasteiger partial charge in [0.15, 0.2) is 0 Å². The fourth-order valence-electron chi connectivity index (χ4n) is 1.65. The number of hydrogen-bond donors (Lipinski definition) is 0. The summed E-state index contributed by atoms with van der Waals surface area (Å²) in [6.45, 7) is 0. The molecule has 0 unspecified atom stereocenters. The molecule has 0 fully saturated rings. The Morgan fingerprint density at radius 1 is 1.16 bits per heavy atom. The summed E-state index contributed by atoms with van der Waals surface area (Å²) in [5.41, 5.74) is 0.720. The zero-order valence-corrected chi connectivity index (χ0v) is 12.5. The topological polar surface area (TPSA) is 17.1 Å². The molecule has 4 heteroatoms. The molecule has 98 valence electrons. The number of rotatable bonds is 5. The van der Waals surface area contributed by atoms with Crippen LogP contribution in [0.15, 0.2) is 57.9 Å². The summed E-state index contributed by atoms with van der Waals surface area (Å²) in [5.74, 6) is 0.175. The molecule has 0 spiro atoms. The Labute approximate surface area is 124 Å². The molecule has 2 aromatic carbocycles. The molecule has 2 aromatic rings. The van der Waals surface area contributed by atoms with Crippen LogP contribution >= 0.6 is 27.7 Å². The molecule has 0 aliphatic carbocycles. The third kappa shape index (κ3) is 4.48. The highest BCUT2D eigenvalue weighted by molar-refractivity contribution is 9.10. The number of benzene rings is 2. The summed E-state index contributed by atoms with van der Waals surface area (Å²) in [6, 6.07) is 13.9. The van der Waals surface area contributed by atoms with Crippen molar-refractivity contribution in [1.29, 1.82) is 0 Å². The van der Waals surface area contributed by atoms with Crippen molar-refractivity contribution in [1.82, 2.24) is 0 Å². The Kier molecular flexibility index (Phi) is 5.16. The first-order valence-electron chi connectivity index (χ1n) is 5.78. The van der Waals surface area contributed by atoms with Gasteiger partial charge in [-0.25, -0.2) is 4.39 Å². The third-order valence-corrected chi connectivity index (χ3v) is 4.60. The van der Waals surface area contributed by atoms with E-state index in [1.807, 2.05) is 24.3 Å². The quantitative estimate of drug-likeness (QED) is 0.747. The second kappa shape index (κ2) is 6.87. The van der Waals surface area contributed by atoms with E-state index in [2.05, 4.69) is 15.9 Å². The second-order valence-electron chi connectivity index (χ2n) is 4.06. The molecule has 0 aliphatic rings. The number of ketones is 1. The first-order valence-corrected chi connectivity index (χ1v) is 7.56. The molecule has 0 radical (unpaired) electrons. The van der Waals surface area contributed by atoms with Crippen LogP contribution in [-0.2, 0) is 11.2 Å². The van der Waals surface area contributed by atoms with Gasteiger partial charge in [-0.15, -0.1) is 11.8 Å². The largest absolute Gasteiger partial charge is 0.298 e. The van der Waals surface area contributed by atoms with Crippen molar-refractivity contribution >= 4 is 33.5 Å². The fourth-order valence-corrected chi connectivity index (χ4v) is 3.07. The zero-order valence-electron chi connectivity index (χ0n) is 10.1. The Bertz CT molecular complexity index is 586. The van der Waals surface area contributed by atoms with Crippen LogP contribution in [0.3, 0.4) is 0 Å². The van der Waals surface area contributed by atoms with Gasteiger partial charge < -0.3 is 0 Å². The molecular formula is C15H12BrFOS. The van der Waals surface area contributed by atoms with Gasteiger partial charge in [0.1, 0.15) is 11.6 Å². The maximum atomic E-state index is 13.0. The van der Waals surface area contributed by atoms with Gasteiger partial charge in [0, 0.05) is 15.8 Å². The van der Waals surface area contributed by atoms with Crippen molar-refractivity contribution in [3.05, 3.63) is 64.4 Å². The SMILES string of the molecule is O=C(CSc1ccccc1Br)Cc1cccc(F)c1. The summed E-state index contributed by atoms with van der Waals surface area (Å²) in [6.07, 6.45) is 0.273. The van der Waals surface area contributed by atoms with E-state index in [0.29, 0.717) is 5.75 Å². The number of thioether (sulfide) groups is 1. The maximum absolute atomic E-state index is 13.0. The molecule has 0 aromatic heterocycles. The van der Waals surface area contributed by atoms with Crippen molar-refractivity contribution in [2.24, 2.45) is 0 Å². The van der Waals surface area contributed by atoms with E-state index >= 15 is 0 Å². The van der Waals surface area contributed by atoms with Gasteiger partial charge in [0.05, 0.1) is 5.75 Å². The maximum Gasteiger partial charge on any atom is 0.147 e. The number of halogens is 2. The molecule has 19 heavy (non-hydrogen) atoms. The van der Waals surface area contributed by atoms with Crippen LogP contribution in [0.1, 0.15) is 5.56 Å². The summed E-state index contributed by atoms with van der Waals surface area (Å²) in [4.78, 5) is 12.9. The molecule has 0 aliphatic heterocycles. The normalized spacial score (nSPS) is 10.4. The van der Waals surface area contributed by atoms with Crippen molar-refractivity contribution in [3.63, 3.8) is 0 Å². The lowest BCUT2D eigenvalue weighted by molar-refractivity contribution is -0.116. The Morgan fingerprint density at radius 3 is 2.68 bits per heavy atom. The van der Waals surface area contributed by atoms with Crippen LogP contribution in [0.5, 0.6) is 0 Å². The van der Waals surface area contributed by atoms with Crippen molar-refractivity contribution in [2.45, 2.75) is 11.3 Å². The first-order chi connectivity index (χ1) is 9.15. The predicted octanol–water partition coefficient (Wildman–Crippen LogP) is 4.49. The minimum atomic E-state index is -0.302. The highest BCUT2D eigenvalue weighted by Crippen LogP contribution is 2.27. The fraction of sp³-hybridized carbons (Fsp3) is 0.133. The summed E-state index contributed by atoms with van der Waals surface area (Å²) >= 11 is 4.93. The zero-order chi connectivity index (χ0) is 13.7. The summed E-state index contributed by atoms with van der Waals surface area (Å²) < 4.78 is 14.0. The first kappa shape index (κ1) is 14.3. The third-order valence-electron chi connectivity index (χ3n) is 2.52. The lowest BCUT2D eigenvalue weighted by Gasteiger charge is -2.04. The molecule has 0 atom stereocenters. The minimum absolute atomic E-state index is 0.0892. The predicted molar refractivity (Wildman–Crippen MR) is 80.0 cm³/mol. The van der Waals surface area contributed by atoms with Gasteiger partial charge in [0.2, 0.25) is 0 Å². The van der Waals surface area contributed by atoms with Crippen LogP contribution < -0.4 is 0 Å². The van der Waals surface area contributed by atoms with Gasteiger partial charge in [-0.3, -0.25) is 4.79 Å². The summed E-state index contributed by atoms with van der Waals surface area (Å²) in [7, 11) is 0. The molecule has 0 saturated carbocycles. The molecular weight excluding hydrogens is 327 g/mol. The van der Waals surface area contributed by atoms with Crippen LogP contribution in [0.2, 0.25) is 0 Å². The van der Waals surface area contributed by atoms with E-state index < -0.39 is 0 Å². The van der Waals surface area contributed by atoms with E-state index in [4.69, 9.17) is 0 Å². The van der Waals surface area contributed by atoms with Crippen molar-refractivity contribution in [2.75, 3.05) is 5.75 Å². The van der Waals surface area contributed by atoms with Gasteiger partial charge in [-0.2, -0.15) is 0 Å². The molecule has 0 bridgehead atoms. The lowest BCUT2D eigenvalue weighted by atomic mass is 10.1. The Morgan fingerprint density at radius 2 is 1.95 bits per heavy atom. The van der Waals surface area contributed by atoms with Crippen LogP contribution in [0.4, 0.5) is 4.39 Å². The smallest absolute Gasteiger partial charge is 0.147 e. The number of hydrogen-bond acceptors (Lipinski definition) is 2.